The first-order valence-electron chi connectivity index (χ1n) is 6.45. The van der Waals surface area contributed by atoms with E-state index in [4.69, 9.17) is 4.74 Å². The lowest BCUT2D eigenvalue weighted by atomic mass is 10.1. The number of hydrogen-bond acceptors (Lipinski definition) is 5. The van der Waals surface area contributed by atoms with Crippen molar-refractivity contribution in [1.29, 1.82) is 0 Å². The van der Waals surface area contributed by atoms with E-state index in [0.29, 0.717) is 11.9 Å². The molecule has 0 rings (SSSR count). The summed E-state index contributed by atoms with van der Waals surface area (Å²) in [5, 5.41) is 0.676. The summed E-state index contributed by atoms with van der Waals surface area (Å²) in [6.07, 6.45) is 1.89. The van der Waals surface area contributed by atoms with Gasteiger partial charge in [0, 0.05) is 27.9 Å². The molecule has 0 saturated carbocycles. The van der Waals surface area contributed by atoms with Gasteiger partial charge in [0.1, 0.15) is 0 Å². The Morgan fingerprint density at radius 1 is 1.17 bits per heavy atom. The highest BCUT2D eigenvalue weighted by Crippen LogP contribution is 2.29. The molecule has 0 heterocycles. The van der Waals surface area contributed by atoms with Crippen LogP contribution in [0.2, 0.25) is 0 Å². The highest BCUT2D eigenvalue weighted by Gasteiger charge is 2.23. The third kappa shape index (κ3) is 10.2. The van der Waals surface area contributed by atoms with Crippen LogP contribution in [-0.4, -0.2) is 28.0 Å². The maximum atomic E-state index is 10.3. The second kappa shape index (κ2) is 8.43. The molecule has 0 amide bonds. The van der Waals surface area contributed by atoms with Crippen LogP contribution >= 0.6 is 23.7 Å². The Hall–Kier alpha value is 0.260. The fourth-order valence-corrected chi connectivity index (χ4v) is 2.79. The Kier molecular flexibility index (Phi) is 8.56. The van der Waals surface area contributed by atoms with Crippen LogP contribution < -0.4 is 0 Å². The fraction of sp³-hybridized carbons (Fsp3) is 1.00. The Balaban J connectivity index is 3.85. The minimum absolute atomic E-state index is 0.0861. The van der Waals surface area contributed by atoms with Crippen LogP contribution in [0, 0.1) is 4.91 Å². The summed E-state index contributed by atoms with van der Waals surface area (Å²) in [4.78, 5) is 10.3. The summed E-state index contributed by atoms with van der Waals surface area (Å²) in [6.45, 7) is 13.4. The maximum Gasteiger partial charge on any atom is 0.0634 e. The fourth-order valence-electron chi connectivity index (χ4n) is 1.33. The van der Waals surface area contributed by atoms with Gasteiger partial charge >= 0.3 is 0 Å². The zero-order valence-electron chi connectivity index (χ0n) is 12.5. The van der Waals surface area contributed by atoms with E-state index in [9.17, 15) is 4.91 Å². The van der Waals surface area contributed by atoms with Gasteiger partial charge in [0.15, 0.2) is 0 Å². The van der Waals surface area contributed by atoms with Crippen LogP contribution in [0.1, 0.15) is 54.4 Å². The molecule has 0 radical (unpaired) electrons. The molecule has 0 aliphatic heterocycles. The van der Waals surface area contributed by atoms with Crippen molar-refractivity contribution >= 4 is 23.7 Å². The number of hydrogen-bond donors (Lipinski definition) is 0. The van der Waals surface area contributed by atoms with Crippen molar-refractivity contribution in [1.82, 2.24) is 0 Å². The van der Waals surface area contributed by atoms with Gasteiger partial charge in [-0.1, -0.05) is 13.8 Å². The molecule has 0 spiro atoms. The van der Waals surface area contributed by atoms with Gasteiger partial charge in [-0.05, 0) is 51.5 Å². The molecule has 0 aromatic heterocycles. The average Bonchev–Trinajstić information content (AvgIpc) is 2.15. The number of rotatable bonds is 10. The summed E-state index contributed by atoms with van der Waals surface area (Å²) < 4.78 is 8.69. The Morgan fingerprint density at radius 3 is 2.28 bits per heavy atom. The van der Waals surface area contributed by atoms with Crippen molar-refractivity contribution < 1.29 is 4.74 Å². The Morgan fingerprint density at radius 2 is 1.78 bits per heavy atom. The van der Waals surface area contributed by atoms with Crippen molar-refractivity contribution in [3.05, 3.63) is 4.91 Å². The molecule has 0 bridgehead atoms. The SMILES string of the molecule is CC(C)SCCC(C)(C)OCCC(C)(C)SN=O. The van der Waals surface area contributed by atoms with Crippen molar-refractivity contribution in [3.63, 3.8) is 0 Å². The van der Waals surface area contributed by atoms with E-state index in [2.05, 4.69) is 32.3 Å². The summed E-state index contributed by atoms with van der Waals surface area (Å²) in [7, 11) is 0. The zero-order chi connectivity index (χ0) is 14.2. The van der Waals surface area contributed by atoms with Crippen LogP contribution in [0.25, 0.3) is 0 Å². The number of thioether (sulfide) groups is 1. The smallest absolute Gasteiger partial charge is 0.0634 e. The van der Waals surface area contributed by atoms with Crippen LogP contribution in [0.15, 0.2) is 4.58 Å². The highest BCUT2D eigenvalue weighted by atomic mass is 32.2. The normalized spacial score (nSPS) is 13.1. The molecular formula is C13H27NO2S2. The molecule has 0 N–H and O–H groups in total. The van der Waals surface area contributed by atoms with Gasteiger partial charge in [-0.15, -0.1) is 4.91 Å². The largest absolute Gasteiger partial charge is 0.375 e. The Bertz CT molecular complexity index is 243. The lowest BCUT2D eigenvalue weighted by Crippen LogP contribution is -2.28. The van der Waals surface area contributed by atoms with Crippen molar-refractivity contribution in [2.45, 2.75) is 70.0 Å². The summed E-state index contributed by atoms with van der Waals surface area (Å²) in [5.41, 5.74) is -0.0861. The molecule has 0 fully saturated rings. The zero-order valence-corrected chi connectivity index (χ0v) is 14.1. The van der Waals surface area contributed by atoms with Crippen molar-refractivity contribution in [2.24, 2.45) is 4.58 Å². The van der Waals surface area contributed by atoms with E-state index in [1.165, 1.54) is 0 Å². The molecule has 0 saturated heterocycles. The van der Waals surface area contributed by atoms with E-state index in [-0.39, 0.29) is 10.3 Å². The van der Waals surface area contributed by atoms with Gasteiger partial charge in [-0.3, -0.25) is 0 Å². The average molecular weight is 293 g/mol. The predicted molar refractivity (Wildman–Crippen MR) is 84.3 cm³/mol. The molecule has 18 heavy (non-hydrogen) atoms. The number of nitroso groups, excluding NO2 is 1. The van der Waals surface area contributed by atoms with Gasteiger partial charge in [-0.25, -0.2) is 0 Å². The van der Waals surface area contributed by atoms with Gasteiger partial charge in [0.05, 0.1) is 5.60 Å². The van der Waals surface area contributed by atoms with E-state index in [1.807, 2.05) is 25.6 Å². The van der Waals surface area contributed by atoms with Crippen molar-refractivity contribution in [3.8, 4) is 0 Å². The quantitative estimate of drug-likeness (QED) is 0.424. The molecule has 108 valence electrons. The van der Waals surface area contributed by atoms with E-state index in [0.717, 1.165) is 30.5 Å². The predicted octanol–water partition coefficient (Wildman–Crippen LogP) is 4.90. The van der Waals surface area contributed by atoms with Crippen LogP contribution in [-0.2, 0) is 4.74 Å². The molecule has 0 atom stereocenters. The monoisotopic (exact) mass is 293 g/mol. The van der Waals surface area contributed by atoms with Gasteiger partial charge in [-0.2, -0.15) is 11.8 Å². The summed E-state index contributed by atoms with van der Waals surface area (Å²) in [6, 6.07) is 0. The first-order valence-corrected chi connectivity index (χ1v) is 8.27. The molecule has 0 aromatic rings. The lowest BCUT2D eigenvalue weighted by Gasteiger charge is -2.28. The topological polar surface area (TPSA) is 38.7 Å². The van der Waals surface area contributed by atoms with E-state index >= 15 is 0 Å². The van der Waals surface area contributed by atoms with Gasteiger partial charge < -0.3 is 4.74 Å². The first kappa shape index (κ1) is 18.3. The molecule has 0 aliphatic carbocycles. The van der Waals surface area contributed by atoms with Gasteiger partial charge in [0.2, 0.25) is 0 Å². The Labute approximate surface area is 120 Å². The van der Waals surface area contributed by atoms with Crippen LogP contribution in [0.3, 0.4) is 0 Å². The second-order valence-electron chi connectivity index (χ2n) is 5.95. The third-order valence-electron chi connectivity index (χ3n) is 2.64. The standard InChI is InChI=1S/C13H27NO2S2/c1-11(2)17-10-8-12(3,4)16-9-7-13(5,6)18-14-15/h11H,7-10H2,1-6H3. The van der Waals surface area contributed by atoms with E-state index < -0.39 is 0 Å². The molecular weight excluding hydrogens is 266 g/mol. The summed E-state index contributed by atoms with van der Waals surface area (Å²) in [5.74, 6) is 1.12. The minimum atomic E-state index is -0.134. The van der Waals surface area contributed by atoms with Crippen molar-refractivity contribution in [2.75, 3.05) is 12.4 Å². The maximum absolute atomic E-state index is 10.3. The summed E-state index contributed by atoms with van der Waals surface area (Å²) >= 11 is 3.06. The highest BCUT2D eigenvalue weighted by molar-refractivity contribution is 7.99. The third-order valence-corrected chi connectivity index (χ3v) is 4.52. The van der Waals surface area contributed by atoms with Gasteiger partial charge in [0.25, 0.3) is 0 Å². The molecule has 0 aromatic carbocycles. The number of nitrogens with zero attached hydrogens (tertiary/aromatic N) is 1. The minimum Gasteiger partial charge on any atom is -0.375 e. The lowest BCUT2D eigenvalue weighted by molar-refractivity contribution is -0.0221. The van der Waals surface area contributed by atoms with Crippen LogP contribution in [0.4, 0.5) is 0 Å². The molecule has 3 nitrogen and oxygen atoms in total. The molecule has 0 aliphatic rings. The van der Waals surface area contributed by atoms with Crippen LogP contribution in [0.5, 0.6) is 0 Å². The number of ether oxygens (including phenoxy) is 1. The molecule has 5 heteroatoms. The first-order chi connectivity index (χ1) is 8.18. The second-order valence-corrected chi connectivity index (χ2v) is 9.07. The molecule has 0 unspecified atom stereocenters. The van der Waals surface area contributed by atoms with E-state index in [1.54, 1.807) is 0 Å².